The molecule has 2 aliphatic rings. The first-order valence-corrected chi connectivity index (χ1v) is 6.58. The maximum atomic E-state index is 6.16. The van der Waals surface area contributed by atoms with E-state index in [2.05, 4.69) is 16.5 Å². The molecule has 3 rings (SSSR count). The maximum Gasteiger partial charge on any atom is 0.0951 e. The zero-order chi connectivity index (χ0) is 11.1. The van der Waals surface area contributed by atoms with Crippen molar-refractivity contribution in [2.75, 3.05) is 0 Å². The minimum absolute atomic E-state index is 0.155. The van der Waals surface area contributed by atoms with Crippen LogP contribution in [0, 0.1) is 11.8 Å². The minimum atomic E-state index is 0.155. The molecule has 2 N–H and O–H groups in total. The topological polar surface area (TPSA) is 43.8 Å². The van der Waals surface area contributed by atoms with Crippen molar-refractivity contribution in [3.8, 4) is 0 Å². The largest absolute Gasteiger partial charge is 0.330 e. The first-order chi connectivity index (χ1) is 7.81. The standard InChI is InChI=1S/C13H21N3/c1-2-11(14)12-7-15-8-16(12)13(9-3-4-9)10-5-6-10/h7-11,13H,2-6,14H2,1H3/t11-/m1/s1. The lowest BCUT2D eigenvalue weighted by Gasteiger charge is -2.22. The third-order valence-electron chi connectivity index (χ3n) is 4.05. The second-order valence-corrected chi connectivity index (χ2v) is 5.41. The first-order valence-electron chi connectivity index (χ1n) is 6.58. The number of nitrogens with zero attached hydrogens (tertiary/aromatic N) is 2. The predicted molar refractivity (Wildman–Crippen MR) is 63.9 cm³/mol. The summed E-state index contributed by atoms with van der Waals surface area (Å²) in [6.45, 7) is 2.14. The number of imidazole rings is 1. The lowest BCUT2D eigenvalue weighted by Crippen LogP contribution is -2.20. The summed E-state index contributed by atoms with van der Waals surface area (Å²) in [4.78, 5) is 4.32. The van der Waals surface area contributed by atoms with Crippen molar-refractivity contribution in [3.05, 3.63) is 18.2 Å². The predicted octanol–water partition coefficient (Wildman–Crippen LogP) is 2.65. The van der Waals surface area contributed by atoms with Crippen LogP contribution < -0.4 is 5.73 Å². The molecular weight excluding hydrogens is 198 g/mol. The van der Waals surface area contributed by atoms with E-state index >= 15 is 0 Å². The highest BCUT2D eigenvalue weighted by molar-refractivity contribution is 5.09. The molecule has 2 saturated carbocycles. The van der Waals surface area contributed by atoms with Gasteiger partial charge in [-0.1, -0.05) is 6.92 Å². The van der Waals surface area contributed by atoms with Gasteiger partial charge in [-0.15, -0.1) is 0 Å². The molecule has 16 heavy (non-hydrogen) atoms. The molecule has 3 nitrogen and oxygen atoms in total. The molecule has 2 aliphatic carbocycles. The quantitative estimate of drug-likeness (QED) is 0.827. The average molecular weight is 219 g/mol. The molecule has 3 heteroatoms. The maximum absolute atomic E-state index is 6.16. The van der Waals surface area contributed by atoms with Crippen molar-refractivity contribution in [1.82, 2.24) is 9.55 Å². The Labute approximate surface area is 97.0 Å². The summed E-state index contributed by atoms with van der Waals surface area (Å²) < 4.78 is 2.39. The van der Waals surface area contributed by atoms with E-state index in [-0.39, 0.29) is 6.04 Å². The molecule has 0 aromatic carbocycles. The van der Waals surface area contributed by atoms with Gasteiger partial charge in [-0.05, 0) is 43.9 Å². The van der Waals surface area contributed by atoms with Crippen LogP contribution >= 0.6 is 0 Å². The Hall–Kier alpha value is -0.830. The third-order valence-corrected chi connectivity index (χ3v) is 4.05. The summed E-state index contributed by atoms with van der Waals surface area (Å²) in [6, 6.07) is 0.859. The molecule has 88 valence electrons. The van der Waals surface area contributed by atoms with E-state index in [0.717, 1.165) is 18.3 Å². The van der Waals surface area contributed by atoms with E-state index in [9.17, 15) is 0 Å². The van der Waals surface area contributed by atoms with Crippen LogP contribution in [0.4, 0.5) is 0 Å². The lowest BCUT2D eigenvalue weighted by atomic mass is 10.1. The van der Waals surface area contributed by atoms with Gasteiger partial charge in [-0.25, -0.2) is 4.98 Å². The molecule has 0 bridgehead atoms. The summed E-state index contributed by atoms with van der Waals surface area (Å²) in [5, 5.41) is 0. The van der Waals surface area contributed by atoms with Crippen LogP contribution in [0.25, 0.3) is 0 Å². The number of rotatable bonds is 5. The van der Waals surface area contributed by atoms with Crippen molar-refractivity contribution >= 4 is 0 Å². The summed E-state index contributed by atoms with van der Waals surface area (Å²) >= 11 is 0. The van der Waals surface area contributed by atoms with Crippen LogP contribution in [0.3, 0.4) is 0 Å². The van der Waals surface area contributed by atoms with Crippen molar-refractivity contribution in [1.29, 1.82) is 0 Å². The van der Waals surface area contributed by atoms with Crippen LogP contribution in [0.5, 0.6) is 0 Å². The Morgan fingerprint density at radius 2 is 2.00 bits per heavy atom. The van der Waals surface area contributed by atoms with Gasteiger partial charge in [0, 0.05) is 18.3 Å². The van der Waals surface area contributed by atoms with Crippen LogP contribution in [-0.4, -0.2) is 9.55 Å². The number of hydrogen-bond acceptors (Lipinski definition) is 2. The summed E-state index contributed by atoms with van der Waals surface area (Å²) in [5.74, 6) is 1.81. The minimum Gasteiger partial charge on any atom is -0.330 e. The van der Waals surface area contributed by atoms with Crippen LogP contribution in [0.15, 0.2) is 12.5 Å². The number of nitrogens with two attached hydrogens (primary N) is 1. The molecule has 0 amide bonds. The summed E-state index contributed by atoms with van der Waals surface area (Å²) in [7, 11) is 0. The fourth-order valence-corrected chi connectivity index (χ4v) is 2.77. The molecule has 0 saturated heterocycles. The molecule has 1 atom stereocenters. The molecular formula is C13H21N3. The molecule has 0 unspecified atom stereocenters. The van der Waals surface area contributed by atoms with Gasteiger partial charge >= 0.3 is 0 Å². The monoisotopic (exact) mass is 219 g/mol. The Morgan fingerprint density at radius 3 is 2.50 bits per heavy atom. The molecule has 1 aromatic rings. The van der Waals surface area contributed by atoms with Gasteiger partial charge < -0.3 is 10.3 Å². The van der Waals surface area contributed by atoms with Crippen molar-refractivity contribution in [2.45, 2.75) is 51.1 Å². The number of hydrogen-bond donors (Lipinski definition) is 1. The van der Waals surface area contributed by atoms with E-state index < -0.39 is 0 Å². The molecule has 2 fully saturated rings. The van der Waals surface area contributed by atoms with E-state index in [0.29, 0.717) is 6.04 Å². The molecule has 0 radical (unpaired) electrons. The van der Waals surface area contributed by atoms with Gasteiger partial charge in [0.1, 0.15) is 0 Å². The second kappa shape index (κ2) is 3.88. The summed E-state index contributed by atoms with van der Waals surface area (Å²) in [6.07, 6.45) is 10.6. The first kappa shape index (κ1) is 10.3. The highest BCUT2D eigenvalue weighted by Crippen LogP contribution is 2.52. The van der Waals surface area contributed by atoms with Gasteiger partial charge in [0.15, 0.2) is 0 Å². The number of aromatic nitrogens is 2. The molecule has 0 spiro atoms. The van der Waals surface area contributed by atoms with Crippen molar-refractivity contribution in [3.63, 3.8) is 0 Å². The van der Waals surface area contributed by atoms with E-state index in [1.165, 1.54) is 31.4 Å². The highest BCUT2D eigenvalue weighted by atomic mass is 15.1. The lowest BCUT2D eigenvalue weighted by molar-refractivity contribution is 0.376. The van der Waals surface area contributed by atoms with Gasteiger partial charge in [0.05, 0.1) is 12.0 Å². The molecule has 1 aromatic heterocycles. The fraction of sp³-hybridized carbons (Fsp3) is 0.769. The average Bonchev–Trinajstić information content (AvgIpc) is 3.19. The Kier molecular flexibility index (Phi) is 2.51. The Morgan fingerprint density at radius 1 is 1.38 bits per heavy atom. The highest BCUT2D eigenvalue weighted by Gasteiger charge is 2.43. The van der Waals surface area contributed by atoms with Crippen LogP contribution in [0.1, 0.15) is 56.8 Å². The van der Waals surface area contributed by atoms with Crippen LogP contribution in [0.2, 0.25) is 0 Å². The zero-order valence-corrected chi connectivity index (χ0v) is 9.97. The van der Waals surface area contributed by atoms with Crippen LogP contribution in [-0.2, 0) is 0 Å². The third kappa shape index (κ3) is 1.77. The smallest absolute Gasteiger partial charge is 0.0951 e. The molecule has 1 heterocycles. The SMILES string of the molecule is CC[C@@H](N)c1cncn1C(C1CC1)C1CC1. The molecule has 0 aliphatic heterocycles. The van der Waals surface area contributed by atoms with Gasteiger partial charge in [-0.3, -0.25) is 0 Å². The van der Waals surface area contributed by atoms with Gasteiger partial charge in [-0.2, -0.15) is 0 Å². The van der Waals surface area contributed by atoms with Crippen molar-refractivity contribution in [2.24, 2.45) is 17.6 Å². The van der Waals surface area contributed by atoms with Gasteiger partial charge in [0.2, 0.25) is 0 Å². The zero-order valence-electron chi connectivity index (χ0n) is 9.97. The van der Waals surface area contributed by atoms with Gasteiger partial charge in [0.25, 0.3) is 0 Å². The Bertz CT molecular complexity index is 351. The van der Waals surface area contributed by atoms with Crippen molar-refractivity contribution < 1.29 is 0 Å². The second-order valence-electron chi connectivity index (χ2n) is 5.41. The van der Waals surface area contributed by atoms with E-state index in [4.69, 9.17) is 5.73 Å². The Balaban J connectivity index is 1.88. The van der Waals surface area contributed by atoms with E-state index in [1.54, 1.807) is 0 Å². The summed E-state index contributed by atoms with van der Waals surface area (Å²) in [5.41, 5.74) is 7.40. The normalized spacial score (nSPS) is 22.7. The van der Waals surface area contributed by atoms with E-state index in [1.807, 2.05) is 12.5 Å². The fourth-order valence-electron chi connectivity index (χ4n) is 2.77.